The molecule has 0 unspecified atom stereocenters. The largest absolute Gasteiger partial charge is 0.397 e. The van der Waals surface area contributed by atoms with E-state index in [9.17, 15) is 8.42 Å². The number of unbranched alkanes of at least 4 members (excludes halogenated alkanes) is 1. The summed E-state index contributed by atoms with van der Waals surface area (Å²) < 4.78 is 25.8. The van der Waals surface area contributed by atoms with Gasteiger partial charge in [-0.25, -0.2) is 12.7 Å². The van der Waals surface area contributed by atoms with Gasteiger partial charge in [-0.1, -0.05) is 13.3 Å². The maximum atomic E-state index is 12.3. The summed E-state index contributed by atoms with van der Waals surface area (Å²) >= 11 is 0. The first kappa shape index (κ1) is 16.1. The zero-order valence-electron chi connectivity index (χ0n) is 13.0. The van der Waals surface area contributed by atoms with Crippen molar-refractivity contribution in [3.63, 3.8) is 0 Å². The second-order valence-electron chi connectivity index (χ2n) is 5.79. The SMILES string of the molecule is CCCCN(c1cc(S(=O)(=O)N(C)C)ccc1N)C1CC1. The monoisotopic (exact) mass is 311 g/mol. The van der Waals surface area contributed by atoms with E-state index >= 15 is 0 Å². The van der Waals surface area contributed by atoms with Crippen molar-refractivity contribution < 1.29 is 8.42 Å². The van der Waals surface area contributed by atoms with Crippen molar-refractivity contribution in [1.82, 2.24) is 4.31 Å². The zero-order valence-corrected chi connectivity index (χ0v) is 13.9. The third-order valence-electron chi connectivity index (χ3n) is 3.83. The summed E-state index contributed by atoms with van der Waals surface area (Å²) in [5.41, 5.74) is 7.60. The van der Waals surface area contributed by atoms with Crippen LogP contribution >= 0.6 is 0 Å². The van der Waals surface area contributed by atoms with Crippen LogP contribution in [0.25, 0.3) is 0 Å². The zero-order chi connectivity index (χ0) is 15.6. The molecule has 5 nitrogen and oxygen atoms in total. The Morgan fingerprint density at radius 3 is 2.48 bits per heavy atom. The standard InChI is InChI=1S/C15H25N3O2S/c1-4-5-10-18(12-6-7-12)15-11-13(8-9-14(15)16)21(19,20)17(2)3/h8-9,11-12H,4-7,10,16H2,1-3H3. The van der Waals surface area contributed by atoms with Crippen LogP contribution < -0.4 is 10.6 Å². The first-order chi connectivity index (χ1) is 9.87. The van der Waals surface area contributed by atoms with Crippen LogP contribution in [0.3, 0.4) is 0 Å². The first-order valence-electron chi connectivity index (χ1n) is 7.46. The van der Waals surface area contributed by atoms with Crippen molar-refractivity contribution in [2.75, 3.05) is 31.3 Å². The molecule has 6 heteroatoms. The van der Waals surface area contributed by atoms with Gasteiger partial charge < -0.3 is 10.6 Å². The molecule has 0 aromatic heterocycles. The molecule has 0 amide bonds. The second kappa shape index (κ2) is 6.23. The van der Waals surface area contributed by atoms with Crippen molar-refractivity contribution >= 4 is 21.4 Å². The van der Waals surface area contributed by atoms with Crippen molar-refractivity contribution in [2.24, 2.45) is 0 Å². The highest BCUT2D eigenvalue weighted by atomic mass is 32.2. The Morgan fingerprint density at radius 1 is 1.29 bits per heavy atom. The molecular formula is C15H25N3O2S. The topological polar surface area (TPSA) is 66.6 Å². The van der Waals surface area contributed by atoms with Crippen LogP contribution in [0, 0.1) is 0 Å². The van der Waals surface area contributed by atoms with Gasteiger partial charge in [0.05, 0.1) is 16.3 Å². The molecule has 2 N–H and O–H groups in total. The number of rotatable bonds is 7. The Bertz CT molecular complexity index is 595. The van der Waals surface area contributed by atoms with Gasteiger partial charge in [0.1, 0.15) is 0 Å². The number of nitrogens with two attached hydrogens (primary N) is 1. The number of benzene rings is 1. The normalized spacial score (nSPS) is 15.4. The Kier molecular flexibility index (Phi) is 4.78. The quantitative estimate of drug-likeness (QED) is 0.785. The van der Waals surface area contributed by atoms with E-state index in [2.05, 4.69) is 11.8 Å². The summed E-state index contributed by atoms with van der Waals surface area (Å²) in [4.78, 5) is 2.58. The van der Waals surface area contributed by atoms with E-state index in [4.69, 9.17) is 5.73 Å². The third kappa shape index (κ3) is 3.49. The Hall–Kier alpha value is -1.27. The molecule has 21 heavy (non-hydrogen) atoms. The van der Waals surface area contributed by atoms with Crippen LogP contribution in [0.4, 0.5) is 11.4 Å². The van der Waals surface area contributed by atoms with E-state index < -0.39 is 10.0 Å². The predicted octanol–water partition coefficient (Wildman–Crippen LogP) is 2.29. The highest BCUT2D eigenvalue weighted by Crippen LogP contribution is 2.36. The van der Waals surface area contributed by atoms with Crippen molar-refractivity contribution in [3.8, 4) is 0 Å². The average molecular weight is 311 g/mol. The number of nitrogens with zero attached hydrogens (tertiary/aromatic N) is 2. The molecule has 1 aromatic rings. The van der Waals surface area contributed by atoms with Crippen LogP contribution in [0.2, 0.25) is 0 Å². The maximum absolute atomic E-state index is 12.3. The minimum Gasteiger partial charge on any atom is -0.397 e. The molecule has 1 aliphatic rings. The smallest absolute Gasteiger partial charge is 0.242 e. The van der Waals surface area contributed by atoms with E-state index in [-0.39, 0.29) is 0 Å². The lowest BCUT2D eigenvalue weighted by atomic mass is 10.2. The molecule has 2 rings (SSSR count). The van der Waals surface area contributed by atoms with Gasteiger partial charge in [-0.05, 0) is 37.5 Å². The summed E-state index contributed by atoms with van der Waals surface area (Å²) in [5.74, 6) is 0. The number of anilines is 2. The molecule has 0 aliphatic heterocycles. The van der Waals surface area contributed by atoms with Crippen molar-refractivity contribution in [2.45, 2.75) is 43.5 Å². The molecule has 0 heterocycles. The van der Waals surface area contributed by atoms with Crippen LogP contribution in [0.1, 0.15) is 32.6 Å². The van der Waals surface area contributed by atoms with Crippen LogP contribution in [0.5, 0.6) is 0 Å². The Morgan fingerprint density at radius 2 is 1.95 bits per heavy atom. The molecule has 1 saturated carbocycles. The fourth-order valence-corrected chi connectivity index (χ4v) is 3.28. The lowest BCUT2D eigenvalue weighted by molar-refractivity contribution is 0.520. The van der Waals surface area contributed by atoms with Crippen LogP contribution in [-0.4, -0.2) is 39.4 Å². The number of sulfonamides is 1. The molecule has 1 fully saturated rings. The summed E-state index contributed by atoms with van der Waals surface area (Å²) in [7, 11) is -0.339. The molecule has 0 radical (unpaired) electrons. The van der Waals surface area contributed by atoms with Gasteiger partial charge >= 0.3 is 0 Å². The van der Waals surface area contributed by atoms with Crippen molar-refractivity contribution in [3.05, 3.63) is 18.2 Å². The molecule has 0 saturated heterocycles. The van der Waals surface area contributed by atoms with E-state index in [1.807, 2.05) is 0 Å². The Balaban J connectivity index is 2.38. The van der Waals surface area contributed by atoms with Gasteiger partial charge in [0.2, 0.25) is 10.0 Å². The summed E-state index contributed by atoms with van der Waals surface area (Å²) in [5, 5.41) is 0. The highest BCUT2D eigenvalue weighted by Gasteiger charge is 2.30. The van der Waals surface area contributed by atoms with Gasteiger partial charge in [0, 0.05) is 26.7 Å². The predicted molar refractivity (Wildman–Crippen MR) is 87.0 cm³/mol. The molecule has 1 aromatic carbocycles. The highest BCUT2D eigenvalue weighted by molar-refractivity contribution is 7.89. The average Bonchev–Trinajstić information content (AvgIpc) is 3.25. The first-order valence-corrected chi connectivity index (χ1v) is 8.90. The fraction of sp³-hybridized carbons (Fsp3) is 0.600. The van der Waals surface area contributed by atoms with Gasteiger partial charge in [-0.3, -0.25) is 0 Å². The summed E-state index contributed by atoms with van der Waals surface area (Å²) in [6.07, 6.45) is 4.51. The van der Waals surface area contributed by atoms with Gasteiger partial charge in [0.15, 0.2) is 0 Å². The molecule has 118 valence electrons. The van der Waals surface area contributed by atoms with Gasteiger partial charge in [-0.2, -0.15) is 0 Å². The van der Waals surface area contributed by atoms with Crippen molar-refractivity contribution in [1.29, 1.82) is 0 Å². The van der Waals surface area contributed by atoms with E-state index in [1.165, 1.54) is 4.31 Å². The van der Waals surface area contributed by atoms with Crippen LogP contribution in [0.15, 0.2) is 23.1 Å². The number of hydrogen-bond donors (Lipinski definition) is 1. The summed E-state index contributed by atoms with van der Waals surface area (Å²) in [6, 6.07) is 5.52. The van der Waals surface area contributed by atoms with E-state index in [0.717, 1.165) is 37.9 Å². The van der Waals surface area contributed by atoms with Crippen LogP contribution in [-0.2, 0) is 10.0 Å². The third-order valence-corrected chi connectivity index (χ3v) is 5.64. The van der Waals surface area contributed by atoms with Gasteiger partial charge in [-0.15, -0.1) is 0 Å². The molecule has 0 bridgehead atoms. The molecule has 1 aliphatic carbocycles. The Labute approximate surface area is 127 Å². The van der Waals surface area contributed by atoms with Gasteiger partial charge in [0.25, 0.3) is 0 Å². The number of nitrogen functional groups attached to an aromatic ring is 1. The minimum atomic E-state index is -3.42. The van der Waals surface area contributed by atoms with E-state index in [0.29, 0.717) is 16.6 Å². The maximum Gasteiger partial charge on any atom is 0.242 e. The molecular weight excluding hydrogens is 286 g/mol. The summed E-state index contributed by atoms with van der Waals surface area (Å²) in [6.45, 7) is 3.08. The molecule has 0 atom stereocenters. The fourth-order valence-electron chi connectivity index (χ4n) is 2.36. The lowest BCUT2D eigenvalue weighted by Gasteiger charge is -2.27. The number of hydrogen-bond acceptors (Lipinski definition) is 4. The minimum absolute atomic E-state index is 0.304. The van der Waals surface area contributed by atoms with E-state index in [1.54, 1.807) is 32.3 Å². The lowest BCUT2D eigenvalue weighted by Crippen LogP contribution is -2.28. The molecule has 0 spiro atoms. The second-order valence-corrected chi connectivity index (χ2v) is 7.94.